The molecule has 1 amide bonds. The molecule has 246 valence electrons. The predicted molar refractivity (Wildman–Crippen MR) is 182 cm³/mol. The third-order valence-electron chi connectivity index (χ3n) is 9.72. The molecule has 0 saturated carbocycles. The summed E-state index contributed by atoms with van der Waals surface area (Å²) in [4.78, 5) is 43.2. The highest BCUT2D eigenvalue weighted by Crippen LogP contribution is 2.32. The second kappa shape index (κ2) is 12.3. The number of aryl methyl sites for hydroxylation is 1. The van der Waals surface area contributed by atoms with Gasteiger partial charge in [0.25, 0.3) is 5.91 Å². The number of nitrogens with one attached hydrogen (secondary N) is 1. The Morgan fingerprint density at radius 3 is 2.65 bits per heavy atom. The van der Waals surface area contributed by atoms with Gasteiger partial charge < -0.3 is 14.8 Å². The van der Waals surface area contributed by atoms with E-state index in [1.54, 1.807) is 56.6 Å². The Labute approximate surface area is 285 Å². The second-order valence-corrected chi connectivity index (χ2v) is 12.9. The molecule has 1 N–H and O–H groups in total. The van der Waals surface area contributed by atoms with Crippen molar-refractivity contribution < 1.29 is 9.18 Å². The van der Waals surface area contributed by atoms with Gasteiger partial charge in [-0.3, -0.25) is 13.9 Å². The molecular formula is C36H31ClFN9O2. The molecular weight excluding hydrogens is 645 g/mol. The second-order valence-electron chi connectivity index (χ2n) is 12.5. The van der Waals surface area contributed by atoms with Gasteiger partial charge in [0, 0.05) is 41.0 Å². The lowest BCUT2D eigenvalue weighted by atomic mass is 10.0. The van der Waals surface area contributed by atoms with Crippen LogP contribution in [-0.4, -0.2) is 59.1 Å². The van der Waals surface area contributed by atoms with Crippen LogP contribution in [0.15, 0.2) is 65.6 Å². The van der Waals surface area contributed by atoms with Gasteiger partial charge in [-0.2, -0.15) is 10.2 Å². The molecule has 0 spiro atoms. The predicted octanol–water partition coefficient (Wildman–Crippen LogP) is 5.08. The van der Waals surface area contributed by atoms with E-state index in [9.17, 15) is 14.9 Å². The van der Waals surface area contributed by atoms with Gasteiger partial charge in [-0.25, -0.2) is 19.2 Å². The van der Waals surface area contributed by atoms with Crippen LogP contribution < -0.4 is 11.0 Å². The molecule has 8 rings (SSSR count). The van der Waals surface area contributed by atoms with Crippen LogP contribution in [0.1, 0.15) is 57.3 Å². The van der Waals surface area contributed by atoms with Crippen molar-refractivity contribution in [3.8, 4) is 11.8 Å². The lowest BCUT2D eigenvalue weighted by Crippen LogP contribution is -2.36. The Balaban J connectivity index is 1.12. The zero-order valence-corrected chi connectivity index (χ0v) is 27.4. The van der Waals surface area contributed by atoms with Crippen LogP contribution in [0.5, 0.6) is 0 Å². The number of carbonyl (C=O) groups is 1. The van der Waals surface area contributed by atoms with Gasteiger partial charge in [0.05, 0.1) is 36.1 Å². The number of nitrogens with zero attached hydrogens (tertiary/aromatic N) is 8. The van der Waals surface area contributed by atoms with Crippen molar-refractivity contribution in [2.45, 2.75) is 45.3 Å². The van der Waals surface area contributed by atoms with Crippen molar-refractivity contribution in [1.82, 2.24) is 38.9 Å². The molecule has 0 atom stereocenters. The van der Waals surface area contributed by atoms with Crippen molar-refractivity contribution in [3.63, 3.8) is 0 Å². The van der Waals surface area contributed by atoms with Gasteiger partial charge in [-0.15, -0.1) is 0 Å². The molecule has 0 aliphatic carbocycles. The summed E-state index contributed by atoms with van der Waals surface area (Å²) in [5.74, 6) is -0.612. The molecule has 6 aromatic rings. The molecule has 6 heterocycles. The molecule has 1 fully saturated rings. The molecule has 4 aromatic heterocycles. The first kappa shape index (κ1) is 30.9. The average molecular weight is 676 g/mol. The standard InChI is InChI=1S/C36H31ClFN9O2/c1-21-31-33(43-35(37)42-21)47(26-10-14-40-15-11-26)36(49)46(31)25-8-6-23(7-9-25)34(48)44-16-12-27-28-3-2-13-41-32(28)45(30(27)20-44)19-24-5-4-22(18-39)17-29(24)38/h2-9,13,17,26,40H,10-12,14-16,19-20H2,1H3. The summed E-state index contributed by atoms with van der Waals surface area (Å²) >= 11 is 6.26. The lowest BCUT2D eigenvalue weighted by Gasteiger charge is -2.29. The van der Waals surface area contributed by atoms with E-state index in [4.69, 9.17) is 11.6 Å². The van der Waals surface area contributed by atoms with Crippen molar-refractivity contribution in [1.29, 1.82) is 5.26 Å². The molecule has 1 saturated heterocycles. The third-order valence-corrected chi connectivity index (χ3v) is 9.89. The van der Waals surface area contributed by atoms with Crippen LogP contribution in [0.2, 0.25) is 5.28 Å². The van der Waals surface area contributed by atoms with Gasteiger partial charge in [-0.1, -0.05) is 6.07 Å². The number of piperidine rings is 1. The number of nitriles is 1. The summed E-state index contributed by atoms with van der Waals surface area (Å²) in [6.07, 6.45) is 3.92. The topological polar surface area (TPSA) is 127 Å². The highest BCUT2D eigenvalue weighted by molar-refractivity contribution is 6.28. The van der Waals surface area contributed by atoms with E-state index in [0.29, 0.717) is 53.2 Å². The molecule has 0 radical (unpaired) electrons. The van der Waals surface area contributed by atoms with Crippen LogP contribution in [0.3, 0.4) is 0 Å². The Morgan fingerprint density at radius 2 is 1.90 bits per heavy atom. The number of halogens is 2. The number of hydrogen-bond donors (Lipinski definition) is 1. The van der Waals surface area contributed by atoms with Crippen LogP contribution >= 0.6 is 11.6 Å². The van der Waals surface area contributed by atoms with Crippen LogP contribution in [0, 0.1) is 24.1 Å². The normalized spacial score (nSPS) is 15.1. The van der Waals surface area contributed by atoms with E-state index in [-0.39, 0.29) is 35.0 Å². The van der Waals surface area contributed by atoms with E-state index < -0.39 is 5.82 Å². The molecule has 2 aliphatic rings. The molecule has 49 heavy (non-hydrogen) atoms. The maximum Gasteiger partial charge on any atom is 0.335 e. The summed E-state index contributed by atoms with van der Waals surface area (Å²) < 4.78 is 20.3. The number of carbonyl (C=O) groups excluding carboxylic acids is 1. The van der Waals surface area contributed by atoms with Crippen molar-refractivity contribution >= 4 is 39.7 Å². The van der Waals surface area contributed by atoms with E-state index >= 15 is 4.39 Å². The van der Waals surface area contributed by atoms with Crippen molar-refractivity contribution in [3.05, 3.63) is 116 Å². The van der Waals surface area contributed by atoms with Crippen LogP contribution in [0.4, 0.5) is 4.39 Å². The van der Waals surface area contributed by atoms with Gasteiger partial charge in [-0.05, 0) is 105 Å². The Morgan fingerprint density at radius 1 is 1.10 bits per heavy atom. The Hall–Kier alpha value is -5.38. The molecule has 2 aliphatic heterocycles. The van der Waals surface area contributed by atoms with E-state index in [0.717, 1.165) is 48.2 Å². The fourth-order valence-corrected chi connectivity index (χ4v) is 7.54. The number of amides is 1. The number of fused-ring (bicyclic) bond motifs is 4. The van der Waals surface area contributed by atoms with Crippen LogP contribution in [-0.2, 0) is 19.5 Å². The number of aromatic nitrogens is 6. The zero-order valence-electron chi connectivity index (χ0n) is 26.7. The number of hydrogen-bond acceptors (Lipinski definition) is 7. The Kier molecular flexibility index (Phi) is 7.73. The summed E-state index contributed by atoms with van der Waals surface area (Å²) in [5, 5.41) is 13.6. The first-order chi connectivity index (χ1) is 23.8. The fourth-order valence-electron chi connectivity index (χ4n) is 7.33. The SMILES string of the molecule is Cc1nc(Cl)nc2c1n(-c1ccc(C(=O)N3CCc4c(n(Cc5ccc(C#N)cc5F)c5ncccc45)C3)cc1)c(=O)n2C1CCNCC1. The number of benzene rings is 2. The first-order valence-electron chi connectivity index (χ1n) is 16.2. The average Bonchev–Trinajstić information content (AvgIpc) is 3.59. The van der Waals surface area contributed by atoms with E-state index in [2.05, 4.69) is 20.3 Å². The zero-order chi connectivity index (χ0) is 33.8. The molecule has 0 bridgehead atoms. The highest BCUT2D eigenvalue weighted by Gasteiger charge is 2.29. The summed E-state index contributed by atoms with van der Waals surface area (Å²) in [7, 11) is 0. The number of imidazole rings is 1. The van der Waals surface area contributed by atoms with Gasteiger partial charge >= 0.3 is 5.69 Å². The Bertz CT molecular complexity index is 2380. The number of pyridine rings is 1. The minimum atomic E-state index is -0.461. The van der Waals surface area contributed by atoms with Gasteiger partial charge in [0.1, 0.15) is 17.0 Å². The quantitative estimate of drug-likeness (QED) is 0.253. The van der Waals surface area contributed by atoms with Crippen molar-refractivity contribution in [2.24, 2.45) is 0 Å². The van der Waals surface area contributed by atoms with E-state index in [1.165, 1.54) is 6.07 Å². The van der Waals surface area contributed by atoms with Crippen LogP contribution in [0.25, 0.3) is 27.9 Å². The maximum absolute atomic E-state index is 15.0. The van der Waals surface area contributed by atoms with Gasteiger partial charge in [0.15, 0.2) is 5.65 Å². The molecule has 2 aromatic carbocycles. The third kappa shape index (κ3) is 5.26. The van der Waals surface area contributed by atoms with E-state index in [1.807, 2.05) is 29.7 Å². The summed E-state index contributed by atoms with van der Waals surface area (Å²) in [6, 6.07) is 17.3. The minimum Gasteiger partial charge on any atom is -0.332 e. The maximum atomic E-state index is 15.0. The molecule has 11 nitrogen and oxygen atoms in total. The minimum absolute atomic E-state index is 0.0214. The fraction of sp³-hybridized carbons (Fsp3) is 0.278. The smallest absolute Gasteiger partial charge is 0.332 e. The van der Waals surface area contributed by atoms with Gasteiger partial charge in [0.2, 0.25) is 5.28 Å². The summed E-state index contributed by atoms with van der Waals surface area (Å²) in [6.45, 7) is 4.47. The summed E-state index contributed by atoms with van der Waals surface area (Å²) in [5.41, 5.74) is 5.97. The first-order valence-corrected chi connectivity index (χ1v) is 16.6. The monoisotopic (exact) mass is 675 g/mol. The number of rotatable bonds is 5. The molecule has 13 heteroatoms. The highest BCUT2D eigenvalue weighted by atomic mass is 35.5. The molecule has 0 unspecified atom stereocenters. The lowest BCUT2D eigenvalue weighted by molar-refractivity contribution is 0.0730. The largest absolute Gasteiger partial charge is 0.335 e. The van der Waals surface area contributed by atoms with Crippen molar-refractivity contribution in [2.75, 3.05) is 19.6 Å².